The number of aromatic nitrogens is 1. The number of para-hydroxylation sites is 1. The average Bonchev–Trinajstić information content (AvgIpc) is 3.04. The summed E-state index contributed by atoms with van der Waals surface area (Å²) in [6.07, 6.45) is 3.41. The quantitative estimate of drug-likeness (QED) is 0.526. The topological polar surface area (TPSA) is 30.0 Å². The highest BCUT2D eigenvalue weighted by atomic mass is 32.1. The summed E-state index contributed by atoms with van der Waals surface area (Å²) < 4.78 is 1.05. The second-order valence-corrected chi connectivity index (χ2v) is 5.55. The van der Waals surface area contributed by atoms with Gasteiger partial charge in [0.2, 0.25) is 5.78 Å². The van der Waals surface area contributed by atoms with E-state index in [1.165, 1.54) is 11.3 Å². The van der Waals surface area contributed by atoms with Crippen LogP contribution in [0.25, 0.3) is 16.3 Å². The normalized spacial score (nSPS) is 11.3. The Labute approximate surface area is 112 Å². The first-order chi connectivity index (χ1) is 8.83. The maximum absolute atomic E-state index is 12.0. The fraction of sp³-hybridized carbons (Fsp3) is 0. The minimum absolute atomic E-state index is 0.0394. The molecular formula is C14H9NOS2. The number of hydrogen-bond acceptors (Lipinski definition) is 4. The van der Waals surface area contributed by atoms with Gasteiger partial charge in [0.25, 0.3) is 0 Å². The van der Waals surface area contributed by atoms with Gasteiger partial charge in [0, 0.05) is 0 Å². The predicted octanol–water partition coefficient (Wildman–Crippen LogP) is 4.25. The number of rotatable bonds is 3. The number of carbonyl (C=O) groups is 1. The van der Waals surface area contributed by atoms with Crippen molar-refractivity contribution < 1.29 is 4.79 Å². The number of thiazole rings is 1. The summed E-state index contributed by atoms with van der Waals surface area (Å²) in [5, 5.41) is 4.53. The number of carbonyl (C=O) groups excluding carboxylic acids is 1. The van der Waals surface area contributed by atoms with E-state index in [0.717, 1.165) is 15.8 Å². The Morgan fingerprint density at radius 1 is 1.22 bits per heavy atom. The molecule has 0 aliphatic carbocycles. The van der Waals surface area contributed by atoms with Crippen molar-refractivity contribution in [1.82, 2.24) is 4.98 Å². The third-order valence-corrected chi connectivity index (χ3v) is 4.23. The molecule has 0 unspecified atom stereocenters. The standard InChI is InChI=1S/C14H9NOS2/c16-12(6-5-10-7-8-17-9-10)14-15-11-3-1-2-4-13(11)18-14/h1-9H/b6-5+. The molecule has 2 aromatic heterocycles. The fourth-order valence-corrected chi connectivity index (χ4v) is 3.10. The van der Waals surface area contributed by atoms with Crippen molar-refractivity contribution in [2.45, 2.75) is 0 Å². The van der Waals surface area contributed by atoms with Gasteiger partial charge >= 0.3 is 0 Å². The summed E-state index contributed by atoms with van der Waals surface area (Å²) in [5.41, 5.74) is 1.93. The van der Waals surface area contributed by atoms with Crippen LogP contribution in [-0.4, -0.2) is 10.8 Å². The van der Waals surface area contributed by atoms with Crippen LogP contribution < -0.4 is 0 Å². The molecule has 0 bridgehead atoms. The Bertz CT molecular complexity index is 677. The van der Waals surface area contributed by atoms with E-state index in [9.17, 15) is 4.79 Å². The Morgan fingerprint density at radius 2 is 2.11 bits per heavy atom. The lowest BCUT2D eigenvalue weighted by Crippen LogP contribution is -1.91. The zero-order valence-electron chi connectivity index (χ0n) is 9.37. The molecule has 1 aromatic carbocycles. The molecule has 0 saturated heterocycles. The first kappa shape index (κ1) is 11.3. The van der Waals surface area contributed by atoms with Gasteiger partial charge < -0.3 is 0 Å². The van der Waals surface area contributed by atoms with Gasteiger partial charge in [0.1, 0.15) is 0 Å². The van der Waals surface area contributed by atoms with Gasteiger partial charge in [-0.25, -0.2) is 4.98 Å². The minimum atomic E-state index is -0.0394. The summed E-state index contributed by atoms with van der Waals surface area (Å²) in [4.78, 5) is 16.3. The smallest absolute Gasteiger partial charge is 0.214 e. The van der Waals surface area contributed by atoms with Crippen LogP contribution in [-0.2, 0) is 0 Å². The van der Waals surface area contributed by atoms with Gasteiger partial charge in [0.05, 0.1) is 10.2 Å². The van der Waals surface area contributed by atoms with Crippen molar-refractivity contribution in [3.05, 3.63) is 57.7 Å². The van der Waals surface area contributed by atoms with Gasteiger partial charge in [-0.2, -0.15) is 11.3 Å². The zero-order chi connectivity index (χ0) is 12.4. The van der Waals surface area contributed by atoms with Crippen LogP contribution in [0.4, 0.5) is 0 Å². The zero-order valence-corrected chi connectivity index (χ0v) is 11.0. The molecule has 3 rings (SSSR count). The largest absolute Gasteiger partial charge is 0.287 e. The van der Waals surface area contributed by atoms with Crippen molar-refractivity contribution in [3.63, 3.8) is 0 Å². The molecular weight excluding hydrogens is 262 g/mol. The third-order valence-electron chi connectivity index (χ3n) is 2.48. The Morgan fingerprint density at radius 3 is 2.89 bits per heavy atom. The maximum Gasteiger partial charge on any atom is 0.214 e. The first-order valence-corrected chi connectivity index (χ1v) is 7.19. The molecule has 4 heteroatoms. The lowest BCUT2D eigenvalue weighted by molar-refractivity contribution is 0.104. The van der Waals surface area contributed by atoms with Crippen LogP contribution in [0, 0.1) is 0 Å². The highest BCUT2D eigenvalue weighted by Gasteiger charge is 2.08. The van der Waals surface area contributed by atoms with E-state index >= 15 is 0 Å². The molecule has 0 radical (unpaired) electrons. The molecule has 0 aliphatic heterocycles. The molecule has 0 aliphatic rings. The first-order valence-electron chi connectivity index (χ1n) is 5.43. The Kier molecular flexibility index (Phi) is 3.04. The van der Waals surface area contributed by atoms with Gasteiger partial charge in [-0.1, -0.05) is 18.2 Å². The molecule has 0 saturated carbocycles. The van der Waals surface area contributed by atoms with Crippen molar-refractivity contribution >= 4 is 44.7 Å². The van der Waals surface area contributed by atoms with Crippen LogP contribution in [0.1, 0.15) is 15.4 Å². The molecule has 3 aromatic rings. The van der Waals surface area contributed by atoms with Gasteiger partial charge in [0.15, 0.2) is 5.01 Å². The monoisotopic (exact) mass is 271 g/mol. The third kappa shape index (κ3) is 2.25. The molecule has 0 fully saturated rings. The summed E-state index contributed by atoms with van der Waals surface area (Å²) in [7, 11) is 0. The summed E-state index contributed by atoms with van der Waals surface area (Å²) >= 11 is 3.05. The van der Waals surface area contributed by atoms with E-state index < -0.39 is 0 Å². The van der Waals surface area contributed by atoms with Crippen LogP contribution >= 0.6 is 22.7 Å². The highest BCUT2D eigenvalue weighted by Crippen LogP contribution is 2.22. The summed E-state index contributed by atoms with van der Waals surface area (Å²) in [6, 6.07) is 9.76. The lowest BCUT2D eigenvalue weighted by atomic mass is 10.2. The number of allylic oxidation sites excluding steroid dienone is 1. The second-order valence-electron chi connectivity index (χ2n) is 3.74. The predicted molar refractivity (Wildman–Crippen MR) is 77.3 cm³/mol. The number of fused-ring (bicyclic) bond motifs is 1. The second kappa shape index (κ2) is 4.84. The average molecular weight is 271 g/mol. The molecule has 18 heavy (non-hydrogen) atoms. The Hall–Kier alpha value is -1.78. The number of hydrogen-bond donors (Lipinski definition) is 0. The van der Waals surface area contributed by atoms with Gasteiger partial charge in [-0.15, -0.1) is 11.3 Å². The van der Waals surface area contributed by atoms with Crippen molar-refractivity contribution in [2.24, 2.45) is 0 Å². The van der Waals surface area contributed by atoms with Crippen LogP contribution in [0.5, 0.6) is 0 Å². The Balaban J connectivity index is 1.88. The van der Waals surface area contributed by atoms with Crippen molar-refractivity contribution in [3.8, 4) is 0 Å². The van der Waals surface area contributed by atoms with E-state index in [-0.39, 0.29) is 5.78 Å². The molecule has 2 heterocycles. The highest BCUT2D eigenvalue weighted by molar-refractivity contribution is 7.20. The number of nitrogens with zero attached hydrogens (tertiary/aromatic N) is 1. The van der Waals surface area contributed by atoms with Crippen LogP contribution in [0.15, 0.2) is 47.2 Å². The molecule has 0 N–H and O–H groups in total. The number of ketones is 1. The SMILES string of the molecule is O=C(/C=C/c1ccsc1)c1nc2ccccc2s1. The number of benzene rings is 1. The summed E-state index contributed by atoms with van der Waals surface area (Å²) in [5.74, 6) is -0.0394. The summed E-state index contributed by atoms with van der Waals surface area (Å²) in [6.45, 7) is 0. The van der Waals surface area contributed by atoms with Crippen LogP contribution in [0.3, 0.4) is 0 Å². The van der Waals surface area contributed by atoms with E-state index in [1.54, 1.807) is 17.4 Å². The van der Waals surface area contributed by atoms with Crippen LogP contribution in [0.2, 0.25) is 0 Å². The molecule has 0 spiro atoms. The molecule has 2 nitrogen and oxygen atoms in total. The molecule has 88 valence electrons. The van der Waals surface area contributed by atoms with E-state index in [1.807, 2.05) is 47.2 Å². The van der Waals surface area contributed by atoms with Gasteiger partial charge in [-0.05, 0) is 40.6 Å². The van der Waals surface area contributed by atoms with E-state index in [0.29, 0.717) is 5.01 Å². The lowest BCUT2D eigenvalue weighted by Gasteiger charge is -1.86. The minimum Gasteiger partial charge on any atom is -0.287 e. The fourth-order valence-electron chi connectivity index (χ4n) is 1.59. The van der Waals surface area contributed by atoms with Gasteiger partial charge in [-0.3, -0.25) is 4.79 Å². The molecule has 0 atom stereocenters. The maximum atomic E-state index is 12.0. The van der Waals surface area contributed by atoms with Crippen molar-refractivity contribution in [2.75, 3.05) is 0 Å². The molecule has 0 amide bonds. The van der Waals surface area contributed by atoms with Crippen molar-refractivity contribution in [1.29, 1.82) is 0 Å². The number of thiophene rings is 1. The van der Waals surface area contributed by atoms with E-state index in [4.69, 9.17) is 0 Å². The van der Waals surface area contributed by atoms with E-state index in [2.05, 4.69) is 4.98 Å².